The summed E-state index contributed by atoms with van der Waals surface area (Å²) in [5, 5.41) is 0. The lowest BCUT2D eigenvalue weighted by Gasteiger charge is -2.25. The van der Waals surface area contributed by atoms with Crippen molar-refractivity contribution in [3.05, 3.63) is 107 Å². The fourth-order valence-corrected chi connectivity index (χ4v) is 4.16. The Morgan fingerprint density at radius 2 is 1.47 bits per heavy atom. The third-order valence-corrected chi connectivity index (χ3v) is 5.57. The fraction of sp³-hybridized carbons (Fsp3) is 0.185. The van der Waals surface area contributed by atoms with Crippen molar-refractivity contribution in [2.45, 2.75) is 27.3 Å². The van der Waals surface area contributed by atoms with Crippen LogP contribution >= 0.6 is 0 Å². The minimum Gasteiger partial charge on any atom is -0.362 e. The van der Waals surface area contributed by atoms with Crippen LogP contribution in [0.1, 0.15) is 29.2 Å². The zero-order chi connectivity index (χ0) is 22.8. The first-order chi connectivity index (χ1) is 15.4. The lowest BCUT2D eigenvalue weighted by molar-refractivity contribution is -0.120. The van der Waals surface area contributed by atoms with Crippen molar-refractivity contribution in [1.82, 2.24) is 4.90 Å². The summed E-state index contributed by atoms with van der Waals surface area (Å²) in [4.78, 5) is 30.5. The van der Waals surface area contributed by atoms with Crippen LogP contribution in [0.5, 0.6) is 0 Å². The maximum Gasteiger partial charge on any atom is 0.282 e. The third-order valence-electron chi connectivity index (χ3n) is 5.57. The molecule has 1 aliphatic rings. The first kappa shape index (κ1) is 21.5. The monoisotopic (exact) mass is 428 g/mol. The van der Waals surface area contributed by atoms with Crippen LogP contribution in [0.25, 0.3) is 5.57 Å². The number of amides is 2. The van der Waals surface area contributed by atoms with Crippen molar-refractivity contribution in [2.75, 3.05) is 11.4 Å². The molecule has 0 aliphatic carbocycles. The molecule has 0 saturated carbocycles. The van der Waals surface area contributed by atoms with E-state index < -0.39 is 11.7 Å². The molecule has 0 radical (unpaired) electrons. The van der Waals surface area contributed by atoms with Gasteiger partial charge in [0, 0.05) is 13.1 Å². The van der Waals surface area contributed by atoms with Gasteiger partial charge >= 0.3 is 0 Å². The Labute approximate surface area is 187 Å². The molecular formula is C27H25FN2O2. The molecule has 162 valence electrons. The van der Waals surface area contributed by atoms with E-state index in [2.05, 4.69) is 0 Å². The minimum absolute atomic E-state index is 0.298. The molecule has 0 fully saturated rings. The van der Waals surface area contributed by atoms with E-state index in [9.17, 15) is 14.0 Å². The molecule has 3 aromatic rings. The number of aryl methyl sites for hydroxylation is 2. The Morgan fingerprint density at radius 1 is 0.844 bits per heavy atom. The molecule has 0 unspecified atom stereocenters. The first-order valence-electron chi connectivity index (χ1n) is 10.6. The van der Waals surface area contributed by atoms with Crippen molar-refractivity contribution in [1.29, 1.82) is 0 Å². The number of carbonyl (C=O) groups excluding carboxylic acids is 2. The molecular weight excluding hydrogens is 403 g/mol. The van der Waals surface area contributed by atoms with Crippen LogP contribution in [0.3, 0.4) is 0 Å². The number of imide groups is 1. The van der Waals surface area contributed by atoms with Gasteiger partial charge in [0.05, 0.1) is 11.3 Å². The van der Waals surface area contributed by atoms with Gasteiger partial charge in [-0.15, -0.1) is 0 Å². The lowest BCUT2D eigenvalue weighted by atomic mass is 10.0. The van der Waals surface area contributed by atoms with Gasteiger partial charge in [0.1, 0.15) is 11.5 Å². The van der Waals surface area contributed by atoms with Gasteiger partial charge in [0.15, 0.2) is 0 Å². The molecule has 0 bridgehead atoms. The molecule has 32 heavy (non-hydrogen) atoms. The maximum atomic E-state index is 13.7. The molecule has 1 aliphatic heterocycles. The Hall–Kier alpha value is -3.73. The summed E-state index contributed by atoms with van der Waals surface area (Å²) in [7, 11) is 0. The van der Waals surface area contributed by atoms with Gasteiger partial charge in [-0.05, 0) is 67.3 Å². The highest BCUT2D eigenvalue weighted by atomic mass is 19.1. The number of anilines is 1. The average Bonchev–Trinajstić information content (AvgIpc) is 3.02. The van der Waals surface area contributed by atoms with Gasteiger partial charge in [-0.1, -0.05) is 48.5 Å². The zero-order valence-corrected chi connectivity index (χ0v) is 18.4. The van der Waals surface area contributed by atoms with Crippen molar-refractivity contribution < 1.29 is 14.0 Å². The van der Waals surface area contributed by atoms with E-state index in [1.54, 1.807) is 12.1 Å². The molecule has 4 nitrogen and oxygen atoms in total. The second-order valence-corrected chi connectivity index (χ2v) is 8.02. The zero-order valence-electron chi connectivity index (χ0n) is 18.4. The van der Waals surface area contributed by atoms with Crippen molar-refractivity contribution in [3.63, 3.8) is 0 Å². The summed E-state index contributed by atoms with van der Waals surface area (Å²) in [5.41, 5.74) is 4.67. The first-order valence-corrected chi connectivity index (χ1v) is 10.6. The van der Waals surface area contributed by atoms with Gasteiger partial charge in [0.25, 0.3) is 11.8 Å². The van der Waals surface area contributed by atoms with Gasteiger partial charge in [-0.3, -0.25) is 9.59 Å². The highest BCUT2D eigenvalue weighted by Crippen LogP contribution is 2.36. The largest absolute Gasteiger partial charge is 0.362 e. The van der Waals surface area contributed by atoms with Crippen molar-refractivity contribution in [3.8, 4) is 0 Å². The topological polar surface area (TPSA) is 40.6 Å². The predicted octanol–water partition coefficient (Wildman–Crippen LogP) is 5.25. The lowest BCUT2D eigenvalue weighted by Crippen LogP contribution is -2.35. The van der Waals surface area contributed by atoms with Crippen LogP contribution in [-0.2, 0) is 16.1 Å². The molecule has 5 heteroatoms. The van der Waals surface area contributed by atoms with E-state index in [-0.39, 0.29) is 5.91 Å². The Morgan fingerprint density at radius 3 is 2.06 bits per heavy atom. The smallest absolute Gasteiger partial charge is 0.282 e. The minimum atomic E-state index is -0.395. The van der Waals surface area contributed by atoms with Crippen LogP contribution in [0, 0.1) is 19.7 Å². The normalized spacial score (nSPS) is 13.8. The summed E-state index contributed by atoms with van der Waals surface area (Å²) < 4.78 is 13.6. The number of likely N-dealkylation sites (N-methyl/N-ethyl adjacent to an activating group) is 1. The third kappa shape index (κ3) is 4.06. The SMILES string of the molecule is CCN(Cc1ccccc1)C1=C(c2ccc(F)cc2)C(=O)N(c2cc(C)cc(C)c2)C1=O. The van der Waals surface area contributed by atoms with E-state index in [1.165, 1.54) is 17.0 Å². The van der Waals surface area contributed by atoms with Gasteiger partial charge < -0.3 is 4.90 Å². The van der Waals surface area contributed by atoms with Crippen molar-refractivity contribution >= 4 is 23.1 Å². The molecule has 3 aromatic carbocycles. The maximum absolute atomic E-state index is 13.7. The molecule has 0 atom stereocenters. The number of hydrogen-bond acceptors (Lipinski definition) is 3. The molecule has 0 N–H and O–H groups in total. The van der Waals surface area contributed by atoms with E-state index in [4.69, 9.17) is 0 Å². The molecule has 2 amide bonds. The number of halogens is 1. The Bertz CT molecular complexity index is 1180. The van der Waals surface area contributed by atoms with Crippen LogP contribution < -0.4 is 4.90 Å². The van der Waals surface area contributed by atoms with Crippen LogP contribution in [0.15, 0.2) is 78.5 Å². The summed E-state index contributed by atoms with van der Waals surface area (Å²) >= 11 is 0. The predicted molar refractivity (Wildman–Crippen MR) is 124 cm³/mol. The molecule has 1 heterocycles. The number of nitrogens with zero attached hydrogens (tertiary/aromatic N) is 2. The summed E-state index contributed by atoms with van der Waals surface area (Å²) in [6.45, 7) is 6.84. The van der Waals surface area contributed by atoms with Gasteiger partial charge in [-0.25, -0.2) is 9.29 Å². The van der Waals surface area contributed by atoms with E-state index in [0.29, 0.717) is 35.6 Å². The van der Waals surface area contributed by atoms with E-state index >= 15 is 0 Å². The number of benzene rings is 3. The second-order valence-electron chi connectivity index (χ2n) is 8.02. The van der Waals surface area contributed by atoms with Crippen LogP contribution in [0.2, 0.25) is 0 Å². The van der Waals surface area contributed by atoms with E-state index in [0.717, 1.165) is 16.7 Å². The quantitative estimate of drug-likeness (QED) is 0.504. The fourth-order valence-electron chi connectivity index (χ4n) is 4.16. The van der Waals surface area contributed by atoms with Gasteiger partial charge in [0.2, 0.25) is 0 Å². The standard InChI is InChI=1S/C27H25FN2O2/c1-4-29(17-20-8-6-5-7-9-20)25-24(21-10-12-22(28)13-11-21)26(31)30(27(25)32)23-15-18(2)14-19(3)16-23/h5-16H,4,17H2,1-3H3. The molecule has 0 aromatic heterocycles. The van der Waals surface area contributed by atoms with Gasteiger partial charge in [-0.2, -0.15) is 0 Å². The second kappa shape index (κ2) is 8.79. The van der Waals surface area contributed by atoms with Crippen LogP contribution in [-0.4, -0.2) is 23.3 Å². The molecule has 0 spiro atoms. The highest BCUT2D eigenvalue weighted by molar-refractivity contribution is 6.45. The number of hydrogen-bond donors (Lipinski definition) is 0. The Balaban J connectivity index is 1.85. The summed E-state index contributed by atoms with van der Waals surface area (Å²) in [6.07, 6.45) is 0. The highest BCUT2D eigenvalue weighted by Gasteiger charge is 2.42. The number of carbonyl (C=O) groups is 2. The number of rotatable bonds is 6. The Kier molecular flexibility index (Phi) is 5.91. The average molecular weight is 429 g/mol. The summed E-state index contributed by atoms with van der Waals surface area (Å²) in [6, 6.07) is 21.2. The molecule has 4 rings (SSSR count). The van der Waals surface area contributed by atoms with Crippen molar-refractivity contribution in [2.24, 2.45) is 0 Å². The van der Waals surface area contributed by atoms with Crippen LogP contribution in [0.4, 0.5) is 10.1 Å². The van der Waals surface area contributed by atoms with E-state index in [1.807, 2.05) is 74.2 Å². The summed E-state index contributed by atoms with van der Waals surface area (Å²) in [5.74, 6) is -1.15. The molecule has 0 saturated heterocycles.